The highest BCUT2D eigenvalue weighted by molar-refractivity contribution is 6.32. The number of aromatic amines is 1. The molecule has 8 heteroatoms. The zero-order valence-corrected chi connectivity index (χ0v) is 15.8. The summed E-state index contributed by atoms with van der Waals surface area (Å²) in [5.74, 6) is 0.823. The number of hydrogen-bond acceptors (Lipinski definition) is 6. The predicted octanol–water partition coefficient (Wildman–Crippen LogP) is 3.11. The van der Waals surface area contributed by atoms with E-state index in [4.69, 9.17) is 22.3 Å². The van der Waals surface area contributed by atoms with Gasteiger partial charge in [0.2, 0.25) is 0 Å². The summed E-state index contributed by atoms with van der Waals surface area (Å²) in [5, 5.41) is 17.1. The minimum Gasteiger partial charge on any atom is -0.355 e. The van der Waals surface area contributed by atoms with E-state index in [-0.39, 0.29) is 5.41 Å². The van der Waals surface area contributed by atoms with Gasteiger partial charge in [0.05, 0.1) is 16.8 Å². The number of hydrogen-bond donors (Lipinski definition) is 2. The van der Waals surface area contributed by atoms with E-state index in [1.807, 2.05) is 6.07 Å². The first-order valence-corrected chi connectivity index (χ1v) is 9.27. The number of halogens is 1. The van der Waals surface area contributed by atoms with Gasteiger partial charge in [-0.1, -0.05) is 30.7 Å². The Morgan fingerprint density at radius 3 is 2.85 bits per heavy atom. The van der Waals surface area contributed by atoms with Crippen molar-refractivity contribution >= 4 is 28.6 Å². The minimum absolute atomic E-state index is 0.204. The summed E-state index contributed by atoms with van der Waals surface area (Å²) >= 11 is 6.15. The largest absolute Gasteiger partial charge is 0.355 e. The maximum atomic E-state index is 9.42. The standard InChI is InChI=1S/C19H20ClN7/c1-19(11-22)5-7-27(8-6-19)15-10-23-17-16(25-26-18(17)24-15)12-3-2-4-14(20)13(12)9-21/h2-4,10H,5-8,11,22H2,1H3,(H,24,25,26). The van der Waals surface area contributed by atoms with Gasteiger partial charge in [0.15, 0.2) is 5.65 Å². The topological polar surface area (TPSA) is 108 Å². The minimum atomic E-state index is 0.204. The molecule has 1 aliphatic rings. The van der Waals surface area contributed by atoms with Crippen LogP contribution < -0.4 is 10.6 Å². The zero-order chi connectivity index (χ0) is 19.0. The van der Waals surface area contributed by atoms with Crippen LogP contribution in [0.25, 0.3) is 22.4 Å². The summed E-state index contributed by atoms with van der Waals surface area (Å²) in [6.07, 6.45) is 3.83. The SMILES string of the molecule is CC1(CN)CCN(c2cnc3c(-c4cccc(Cl)c4C#N)n[nH]c3n2)CC1. The lowest BCUT2D eigenvalue weighted by molar-refractivity contribution is 0.258. The molecule has 0 spiro atoms. The number of fused-ring (bicyclic) bond motifs is 1. The van der Waals surface area contributed by atoms with E-state index in [0.717, 1.165) is 31.7 Å². The number of nitrogens with two attached hydrogens (primary N) is 1. The molecule has 3 aromatic rings. The molecule has 3 heterocycles. The molecule has 4 rings (SSSR count). The van der Waals surface area contributed by atoms with E-state index in [1.54, 1.807) is 18.3 Å². The molecule has 0 unspecified atom stereocenters. The summed E-state index contributed by atoms with van der Waals surface area (Å²) in [7, 11) is 0. The smallest absolute Gasteiger partial charge is 0.177 e. The highest BCUT2D eigenvalue weighted by atomic mass is 35.5. The highest BCUT2D eigenvalue weighted by Gasteiger charge is 2.29. The number of nitriles is 1. The van der Waals surface area contributed by atoms with Crippen LogP contribution in [-0.4, -0.2) is 39.8 Å². The number of anilines is 1. The molecule has 7 nitrogen and oxygen atoms in total. The Hall–Kier alpha value is -2.69. The number of rotatable bonds is 3. The number of piperidine rings is 1. The lowest BCUT2D eigenvalue weighted by atomic mass is 9.80. The molecule has 2 aromatic heterocycles. The van der Waals surface area contributed by atoms with Crippen molar-refractivity contribution in [2.45, 2.75) is 19.8 Å². The maximum absolute atomic E-state index is 9.42. The van der Waals surface area contributed by atoms with Crippen LogP contribution in [0.4, 0.5) is 5.82 Å². The number of nitrogens with one attached hydrogen (secondary N) is 1. The molecule has 0 radical (unpaired) electrons. The molecular formula is C19H20ClN7. The van der Waals surface area contributed by atoms with Gasteiger partial charge in [0.25, 0.3) is 0 Å². The first kappa shape index (κ1) is 17.7. The van der Waals surface area contributed by atoms with Crippen molar-refractivity contribution in [3.8, 4) is 17.3 Å². The molecule has 1 fully saturated rings. The quantitative estimate of drug-likeness (QED) is 0.721. The first-order valence-electron chi connectivity index (χ1n) is 8.90. The Labute approximate surface area is 162 Å². The van der Waals surface area contributed by atoms with Crippen LogP contribution in [0.2, 0.25) is 5.02 Å². The lowest BCUT2D eigenvalue weighted by Crippen LogP contribution is -2.42. The molecular weight excluding hydrogens is 362 g/mol. The Kier molecular flexibility index (Phi) is 4.46. The fourth-order valence-corrected chi connectivity index (χ4v) is 3.66. The van der Waals surface area contributed by atoms with Crippen molar-refractivity contribution < 1.29 is 0 Å². The third-order valence-electron chi connectivity index (χ3n) is 5.43. The molecule has 1 aromatic carbocycles. The number of benzene rings is 1. The summed E-state index contributed by atoms with van der Waals surface area (Å²) in [5.41, 5.74) is 8.94. The second kappa shape index (κ2) is 6.80. The summed E-state index contributed by atoms with van der Waals surface area (Å²) in [6, 6.07) is 7.44. The molecule has 1 saturated heterocycles. The van der Waals surface area contributed by atoms with Gasteiger partial charge in [-0.05, 0) is 30.9 Å². The third-order valence-corrected chi connectivity index (χ3v) is 5.74. The van der Waals surface area contributed by atoms with E-state index < -0.39 is 0 Å². The van der Waals surface area contributed by atoms with E-state index in [1.165, 1.54) is 0 Å². The Bertz CT molecular complexity index is 1030. The first-order chi connectivity index (χ1) is 13.0. The molecule has 0 saturated carbocycles. The fourth-order valence-electron chi connectivity index (χ4n) is 3.45. The van der Waals surface area contributed by atoms with Gasteiger partial charge < -0.3 is 10.6 Å². The van der Waals surface area contributed by atoms with Crippen LogP contribution in [0.15, 0.2) is 24.4 Å². The van der Waals surface area contributed by atoms with Crippen LogP contribution in [0, 0.1) is 16.7 Å². The Morgan fingerprint density at radius 1 is 1.37 bits per heavy atom. The highest BCUT2D eigenvalue weighted by Crippen LogP contribution is 2.33. The molecule has 0 aliphatic carbocycles. The van der Waals surface area contributed by atoms with E-state index >= 15 is 0 Å². The Balaban J connectivity index is 1.68. The van der Waals surface area contributed by atoms with Crippen molar-refractivity contribution in [1.29, 1.82) is 5.26 Å². The van der Waals surface area contributed by atoms with Gasteiger partial charge in [-0.2, -0.15) is 10.4 Å². The Morgan fingerprint density at radius 2 is 2.15 bits per heavy atom. The second-order valence-corrected chi connectivity index (χ2v) is 7.68. The molecule has 3 N–H and O–H groups in total. The second-order valence-electron chi connectivity index (χ2n) is 7.27. The van der Waals surface area contributed by atoms with Gasteiger partial charge >= 0.3 is 0 Å². The van der Waals surface area contributed by atoms with Crippen LogP contribution >= 0.6 is 11.6 Å². The molecule has 0 bridgehead atoms. The van der Waals surface area contributed by atoms with Crippen molar-refractivity contribution in [3.05, 3.63) is 35.0 Å². The van der Waals surface area contributed by atoms with Crippen molar-refractivity contribution in [1.82, 2.24) is 20.2 Å². The monoisotopic (exact) mass is 381 g/mol. The summed E-state index contributed by atoms with van der Waals surface area (Å²) in [4.78, 5) is 11.5. The molecule has 0 amide bonds. The predicted molar refractivity (Wildman–Crippen MR) is 105 cm³/mol. The summed E-state index contributed by atoms with van der Waals surface area (Å²) < 4.78 is 0. The normalized spacial score (nSPS) is 16.4. The van der Waals surface area contributed by atoms with E-state index in [0.29, 0.717) is 39.6 Å². The van der Waals surface area contributed by atoms with Gasteiger partial charge in [0, 0.05) is 18.7 Å². The van der Waals surface area contributed by atoms with Crippen LogP contribution in [0.3, 0.4) is 0 Å². The number of aromatic nitrogens is 4. The molecule has 1 aliphatic heterocycles. The van der Waals surface area contributed by atoms with Crippen LogP contribution in [0.1, 0.15) is 25.3 Å². The van der Waals surface area contributed by atoms with Gasteiger partial charge in [-0.25, -0.2) is 9.97 Å². The molecule has 138 valence electrons. The summed E-state index contributed by atoms with van der Waals surface area (Å²) in [6.45, 7) is 4.75. The van der Waals surface area contributed by atoms with Crippen molar-refractivity contribution in [2.24, 2.45) is 11.1 Å². The maximum Gasteiger partial charge on any atom is 0.177 e. The average molecular weight is 382 g/mol. The van der Waals surface area contributed by atoms with Gasteiger partial charge in [-0.3, -0.25) is 5.10 Å². The van der Waals surface area contributed by atoms with Gasteiger partial charge in [-0.15, -0.1) is 0 Å². The number of nitrogens with zero attached hydrogens (tertiary/aromatic N) is 5. The van der Waals surface area contributed by atoms with E-state index in [9.17, 15) is 5.26 Å². The van der Waals surface area contributed by atoms with Crippen LogP contribution in [-0.2, 0) is 0 Å². The zero-order valence-electron chi connectivity index (χ0n) is 15.0. The third kappa shape index (κ3) is 3.11. The lowest BCUT2D eigenvalue weighted by Gasteiger charge is -2.39. The molecule has 0 atom stereocenters. The van der Waals surface area contributed by atoms with Crippen molar-refractivity contribution in [2.75, 3.05) is 24.5 Å². The van der Waals surface area contributed by atoms with Crippen LogP contribution in [0.5, 0.6) is 0 Å². The number of H-pyrrole nitrogens is 1. The average Bonchev–Trinajstić information content (AvgIpc) is 3.11. The van der Waals surface area contributed by atoms with Gasteiger partial charge in [0.1, 0.15) is 23.1 Å². The van der Waals surface area contributed by atoms with E-state index in [2.05, 4.69) is 33.1 Å². The van der Waals surface area contributed by atoms with Crippen molar-refractivity contribution in [3.63, 3.8) is 0 Å². The molecule has 27 heavy (non-hydrogen) atoms. The fraction of sp³-hybridized carbons (Fsp3) is 0.368.